The van der Waals surface area contributed by atoms with Gasteiger partial charge in [-0.05, 0) is 38.0 Å². The van der Waals surface area contributed by atoms with E-state index in [-0.39, 0.29) is 17.9 Å². The average molecular weight is 277 g/mol. The molecule has 108 valence electrons. The van der Waals surface area contributed by atoms with E-state index < -0.39 is 11.9 Å². The average Bonchev–Trinajstić information content (AvgIpc) is 3.18. The number of hydrogen-bond donors (Lipinski definition) is 2. The summed E-state index contributed by atoms with van der Waals surface area (Å²) < 4.78 is 5.38. The molecule has 5 nitrogen and oxygen atoms in total. The summed E-state index contributed by atoms with van der Waals surface area (Å²) in [7, 11) is 0. The van der Waals surface area contributed by atoms with Gasteiger partial charge in [0.25, 0.3) is 0 Å². The van der Waals surface area contributed by atoms with Crippen LogP contribution in [-0.4, -0.2) is 29.7 Å². The Bertz CT molecular complexity index is 514. The number of aliphatic carboxylic acids is 1. The van der Waals surface area contributed by atoms with Crippen molar-refractivity contribution in [3.05, 3.63) is 29.8 Å². The van der Waals surface area contributed by atoms with Gasteiger partial charge in [-0.3, -0.25) is 9.59 Å². The number of anilines is 1. The maximum Gasteiger partial charge on any atom is 0.310 e. The third kappa shape index (κ3) is 3.36. The molecule has 0 aromatic heterocycles. The number of carboxylic acids is 1. The van der Waals surface area contributed by atoms with Crippen molar-refractivity contribution in [1.82, 2.24) is 0 Å². The molecule has 1 aliphatic rings. The third-order valence-electron chi connectivity index (χ3n) is 3.47. The predicted molar refractivity (Wildman–Crippen MR) is 74.6 cm³/mol. The Balaban J connectivity index is 1.98. The van der Waals surface area contributed by atoms with Crippen molar-refractivity contribution in [2.75, 3.05) is 11.9 Å². The smallest absolute Gasteiger partial charge is 0.310 e. The highest BCUT2D eigenvalue weighted by Crippen LogP contribution is 2.34. The number of ether oxygens (including phenoxy) is 1. The Morgan fingerprint density at radius 1 is 1.50 bits per heavy atom. The molecule has 1 aromatic carbocycles. The summed E-state index contributed by atoms with van der Waals surface area (Å²) in [4.78, 5) is 22.9. The van der Waals surface area contributed by atoms with Crippen LogP contribution >= 0.6 is 0 Å². The van der Waals surface area contributed by atoms with E-state index in [0.717, 1.165) is 6.42 Å². The monoisotopic (exact) mass is 277 g/mol. The normalized spacial score (nSPS) is 22.1. The minimum Gasteiger partial charge on any atom is -0.481 e. The molecule has 2 N–H and O–H groups in total. The van der Waals surface area contributed by atoms with Gasteiger partial charge in [0.1, 0.15) is 0 Å². The van der Waals surface area contributed by atoms with Crippen LogP contribution in [0.2, 0.25) is 0 Å². The fourth-order valence-corrected chi connectivity index (χ4v) is 2.11. The summed E-state index contributed by atoms with van der Waals surface area (Å²) in [5.74, 6) is -1.63. The number of carbonyl (C=O) groups excluding carboxylic acids is 1. The van der Waals surface area contributed by atoms with Gasteiger partial charge >= 0.3 is 5.97 Å². The van der Waals surface area contributed by atoms with E-state index in [1.807, 2.05) is 6.92 Å². The second-order valence-corrected chi connectivity index (χ2v) is 5.01. The van der Waals surface area contributed by atoms with Crippen molar-refractivity contribution >= 4 is 17.6 Å². The Kier molecular flexibility index (Phi) is 4.39. The standard InChI is InChI=1S/C15H19NO4/c1-3-20-13-8-12(13)14(17)16-11-6-4-5-10(7-11)9(2)15(18)19/h4-7,9,12-13H,3,8H2,1-2H3,(H,16,17)(H,18,19). The van der Waals surface area contributed by atoms with E-state index in [1.54, 1.807) is 31.2 Å². The molecule has 0 radical (unpaired) electrons. The lowest BCUT2D eigenvalue weighted by molar-refractivity contribution is -0.138. The number of amides is 1. The Morgan fingerprint density at radius 3 is 2.90 bits per heavy atom. The second kappa shape index (κ2) is 6.05. The Labute approximate surface area is 117 Å². The van der Waals surface area contributed by atoms with Crippen molar-refractivity contribution in [3.63, 3.8) is 0 Å². The van der Waals surface area contributed by atoms with Crippen LogP contribution in [-0.2, 0) is 14.3 Å². The highest BCUT2D eigenvalue weighted by Gasteiger charge is 2.43. The molecule has 3 atom stereocenters. The van der Waals surface area contributed by atoms with Crippen molar-refractivity contribution in [2.24, 2.45) is 5.92 Å². The highest BCUT2D eigenvalue weighted by molar-refractivity contribution is 5.95. The number of rotatable bonds is 6. The van der Waals surface area contributed by atoms with E-state index in [2.05, 4.69) is 5.32 Å². The van der Waals surface area contributed by atoms with Gasteiger partial charge in [0, 0.05) is 12.3 Å². The van der Waals surface area contributed by atoms with Gasteiger partial charge in [0.15, 0.2) is 0 Å². The number of carbonyl (C=O) groups is 2. The molecule has 1 aliphatic carbocycles. The molecule has 0 aliphatic heterocycles. The fourth-order valence-electron chi connectivity index (χ4n) is 2.11. The minimum absolute atomic E-state index is 0.0288. The number of nitrogens with one attached hydrogen (secondary N) is 1. The molecular formula is C15H19NO4. The molecule has 3 unspecified atom stereocenters. The molecule has 5 heteroatoms. The van der Waals surface area contributed by atoms with Crippen molar-refractivity contribution in [3.8, 4) is 0 Å². The zero-order valence-electron chi connectivity index (χ0n) is 11.6. The molecular weight excluding hydrogens is 258 g/mol. The quantitative estimate of drug-likeness (QED) is 0.836. The number of benzene rings is 1. The SMILES string of the molecule is CCOC1CC1C(=O)Nc1cccc(C(C)C(=O)O)c1. The van der Waals surface area contributed by atoms with Crippen LogP contribution < -0.4 is 5.32 Å². The largest absolute Gasteiger partial charge is 0.481 e. The first-order valence-corrected chi connectivity index (χ1v) is 6.78. The van der Waals surface area contributed by atoms with E-state index in [9.17, 15) is 9.59 Å². The first-order chi connectivity index (χ1) is 9.52. The lowest BCUT2D eigenvalue weighted by atomic mass is 10.0. The van der Waals surface area contributed by atoms with Crippen LogP contribution in [0, 0.1) is 5.92 Å². The first-order valence-electron chi connectivity index (χ1n) is 6.78. The van der Waals surface area contributed by atoms with E-state index in [1.165, 1.54) is 0 Å². The third-order valence-corrected chi connectivity index (χ3v) is 3.47. The summed E-state index contributed by atoms with van der Waals surface area (Å²) >= 11 is 0. The van der Waals surface area contributed by atoms with Crippen molar-refractivity contribution in [2.45, 2.75) is 32.3 Å². The minimum atomic E-state index is -0.882. The van der Waals surface area contributed by atoms with Crippen molar-refractivity contribution < 1.29 is 19.4 Å². The topological polar surface area (TPSA) is 75.6 Å². The summed E-state index contributed by atoms with van der Waals surface area (Å²) in [5, 5.41) is 11.8. The molecule has 2 rings (SSSR count). The number of carboxylic acid groups (broad SMARTS) is 1. The van der Waals surface area contributed by atoms with Crippen LogP contribution in [0.4, 0.5) is 5.69 Å². The second-order valence-electron chi connectivity index (χ2n) is 5.01. The zero-order valence-corrected chi connectivity index (χ0v) is 11.6. The van der Waals surface area contributed by atoms with Gasteiger partial charge in [-0.25, -0.2) is 0 Å². The predicted octanol–water partition coefficient (Wildman–Crippen LogP) is 2.24. The first kappa shape index (κ1) is 14.5. The van der Waals surface area contributed by atoms with Gasteiger partial charge in [0.2, 0.25) is 5.91 Å². The van der Waals surface area contributed by atoms with Gasteiger partial charge in [0.05, 0.1) is 17.9 Å². The Morgan fingerprint density at radius 2 is 2.25 bits per heavy atom. The lowest BCUT2D eigenvalue weighted by Gasteiger charge is -2.10. The Hall–Kier alpha value is -1.88. The van der Waals surface area contributed by atoms with E-state index in [0.29, 0.717) is 17.9 Å². The molecule has 20 heavy (non-hydrogen) atoms. The maximum absolute atomic E-state index is 12.0. The molecule has 0 bridgehead atoms. The fraction of sp³-hybridized carbons (Fsp3) is 0.467. The lowest BCUT2D eigenvalue weighted by Crippen LogP contribution is -2.17. The molecule has 1 saturated carbocycles. The molecule has 1 amide bonds. The van der Waals surface area contributed by atoms with Crippen LogP contribution in [0.1, 0.15) is 31.7 Å². The summed E-state index contributed by atoms with van der Waals surface area (Å²) in [6, 6.07) is 6.95. The van der Waals surface area contributed by atoms with E-state index in [4.69, 9.17) is 9.84 Å². The van der Waals surface area contributed by atoms with Gasteiger partial charge in [-0.2, -0.15) is 0 Å². The van der Waals surface area contributed by atoms with E-state index >= 15 is 0 Å². The van der Waals surface area contributed by atoms with Crippen LogP contribution in [0.25, 0.3) is 0 Å². The van der Waals surface area contributed by atoms with Gasteiger partial charge < -0.3 is 15.2 Å². The molecule has 1 fully saturated rings. The zero-order chi connectivity index (χ0) is 14.7. The number of hydrogen-bond acceptors (Lipinski definition) is 3. The van der Waals surface area contributed by atoms with Crippen LogP contribution in [0.3, 0.4) is 0 Å². The van der Waals surface area contributed by atoms with Crippen LogP contribution in [0.5, 0.6) is 0 Å². The highest BCUT2D eigenvalue weighted by atomic mass is 16.5. The summed E-state index contributed by atoms with van der Waals surface area (Å²) in [5.41, 5.74) is 1.30. The van der Waals surface area contributed by atoms with Crippen molar-refractivity contribution in [1.29, 1.82) is 0 Å². The molecule has 0 saturated heterocycles. The molecule has 1 aromatic rings. The summed E-state index contributed by atoms with van der Waals surface area (Å²) in [6.07, 6.45) is 0.784. The maximum atomic E-state index is 12.0. The molecule has 0 heterocycles. The van der Waals surface area contributed by atoms with Gasteiger partial charge in [-0.1, -0.05) is 12.1 Å². The van der Waals surface area contributed by atoms with Crippen LogP contribution in [0.15, 0.2) is 24.3 Å². The molecule has 0 spiro atoms. The van der Waals surface area contributed by atoms with Gasteiger partial charge in [-0.15, -0.1) is 0 Å². The summed E-state index contributed by atoms with van der Waals surface area (Å²) in [6.45, 7) is 4.14.